The Morgan fingerprint density at radius 1 is 1.33 bits per heavy atom. The summed E-state index contributed by atoms with van der Waals surface area (Å²) >= 11 is 1.29. The summed E-state index contributed by atoms with van der Waals surface area (Å²) in [6.07, 6.45) is 7.09. The Bertz CT molecular complexity index is 1250. The van der Waals surface area contributed by atoms with Crippen LogP contribution in [0.2, 0.25) is 0 Å². The molecule has 1 aliphatic carbocycles. The monoisotopic (exact) mass is 464 g/mol. The third-order valence-electron chi connectivity index (χ3n) is 6.34. The molecule has 0 spiro atoms. The molecule has 2 aliphatic rings. The first-order valence-corrected chi connectivity index (χ1v) is 12.2. The molecule has 0 unspecified atom stereocenters. The van der Waals surface area contributed by atoms with Crippen molar-refractivity contribution < 1.29 is 9.59 Å². The van der Waals surface area contributed by atoms with Gasteiger partial charge in [0.1, 0.15) is 9.71 Å². The van der Waals surface area contributed by atoms with Crippen molar-refractivity contribution in [1.82, 2.24) is 15.3 Å². The fraction of sp³-hybridized carbons (Fsp3) is 0.417. The molecular formula is C24H28N6O2S. The smallest absolute Gasteiger partial charge is 0.331 e. The second kappa shape index (κ2) is 8.39. The van der Waals surface area contributed by atoms with Crippen LogP contribution in [-0.4, -0.2) is 34.0 Å². The maximum absolute atomic E-state index is 13.3. The largest absolute Gasteiger partial charge is 0.347 e. The third-order valence-corrected chi connectivity index (χ3v) is 7.43. The highest BCUT2D eigenvalue weighted by Gasteiger charge is 2.34. The molecule has 1 fully saturated rings. The lowest BCUT2D eigenvalue weighted by molar-refractivity contribution is 0.0939. The number of nitrogens with one attached hydrogen (secondary N) is 2. The first-order valence-electron chi connectivity index (χ1n) is 11.4. The normalized spacial score (nSPS) is 19.9. The molecule has 3 aromatic heterocycles. The number of anilines is 3. The van der Waals surface area contributed by atoms with Crippen LogP contribution in [0.15, 0.2) is 24.5 Å². The highest BCUT2D eigenvalue weighted by atomic mass is 32.1. The number of hydrogen-bond donors (Lipinski definition) is 3. The maximum Gasteiger partial charge on any atom is 0.331 e. The molecule has 172 valence electrons. The van der Waals surface area contributed by atoms with Crippen LogP contribution >= 0.6 is 11.3 Å². The number of aromatic nitrogens is 2. The molecule has 0 bridgehead atoms. The Labute approximate surface area is 196 Å². The van der Waals surface area contributed by atoms with Crippen molar-refractivity contribution >= 4 is 50.6 Å². The second-order valence-electron chi connectivity index (χ2n) is 9.32. The Balaban J connectivity index is 1.54. The molecule has 2 atom stereocenters. The number of nitrogens with two attached hydrogens (primary N) is 1. The lowest BCUT2D eigenvalue weighted by atomic mass is 10.0. The van der Waals surface area contributed by atoms with Crippen molar-refractivity contribution in [2.45, 2.75) is 58.5 Å². The van der Waals surface area contributed by atoms with Crippen LogP contribution < -0.4 is 21.3 Å². The number of carbonyl (C=O) groups is 2. The van der Waals surface area contributed by atoms with Crippen LogP contribution in [-0.2, 0) is 6.42 Å². The third kappa shape index (κ3) is 3.85. The van der Waals surface area contributed by atoms with Gasteiger partial charge >= 0.3 is 6.03 Å². The van der Waals surface area contributed by atoms with Gasteiger partial charge in [-0.3, -0.25) is 14.7 Å². The van der Waals surface area contributed by atoms with Crippen LogP contribution in [0.4, 0.5) is 21.9 Å². The van der Waals surface area contributed by atoms with Crippen molar-refractivity contribution in [3.8, 4) is 0 Å². The van der Waals surface area contributed by atoms with E-state index in [0.717, 1.165) is 42.3 Å². The molecule has 3 amide bonds. The molecule has 1 aliphatic heterocycles. The van der Waals surface area contributed by atoms with Crippen molar-refractivity contribution in [2.75, 3.05) is 10.2 Å². The van der Waals surface area contributed by atoms with Gasteiger partial charge in [-0.2, -0.15) is 0 Å². The molecule has 0 saturated heterocycles. The summed E-state index contributed by atoms with van der Waals surface area (Å²) in [5.41, 5.74) is 10.0. The Morgan fingerprint density at radius 3 is 2.85 bits per heavy atom. The number of hydrogen-bond acceptors (Lipinski definition) is 6. The predicted molar refractivity (Wildman–Crippen MR) is 131 cm³/mol. The van der Waals surface area contributed by atoms with E-state index in [-0.39, 0.29) is 24.0 Å². The van der Waals surface area contributed by atoms with E-state index in [1.807, 2.05) is 19.1 Å². The van der Waals surface area contributed by atoms with Crippen LogP contribution in [0.1, 0.15) is 54.0 Å². The Kier molecular flexibility index (Phi) is 5.54. The van der Waals surface area contributed by atoms with Crippen molar-refractivity contribution in [3.05, 3.63) is 40.7 Å². The Morgan fingerprint density at radius 2 is 2.15 bits per heavy atom. The van der Waals surface area contributed by atoms with E-state index in [0.29, 0.717) is 32.7 Å². The minimum atomic E-state index is -0.318. The second-order valence-corrected chi connectivity index (χ2v) is 10.3. The van der Waals surface area contributed by atoms with E-state index in [1.165, 1.54) is 11.3 Å². The van der Waals surface area contributed by atoms with Crippen LogP contribution in [0, 0.1) is 12.8 Å². The molecule has 3 aromatic rings. The fourth-order valence-electron chi connectivity index (χ4n) is 4.76. The summed E-state index contributed by atoms with van der Waals surface area (Å²) in [5, 5.41) is 6.78. The number of amides is 3. The maximum atomic E-state index is 13.3. The van der Waals surface area contributed by atoms with Crippen LogP contribution in [0.3, 0.4) is 0 Å². The van der Waals surface area contributed by atoms with E-state index in [1.54, 1.807) is 17.3 Å². The minimum Gasteiger partial charge on any atom is -0.347 e. The molecule has 33 heavy (non-hydrogen) atoms. The zero-order valence-electron chi connectivity index (χ0n) is 19.0. The summed E-state index contributed by atoms with van der Waals surface area (Å²) in [7, 11) is 0. The summed E-state index contributed by atoms with van der Waals surface area (Å²) in [6.45, 7) is 6.30. The number of carbonyl (C=O) groups excluding carboxylic acids is 2. The van der Waals surface area contributed by atoms with Gasteiger partial charge < -0.3 is 16.4 Å². The molecule has 8 nitrogen and oxygen atoms in total. The molecule has 1 saturated carbocycles. The number of pyridine rings is 2. The quantitative estimate of drug-likeness (QED) is 0.515. The number of urea groups is 1. The molecule has 5 rings (SSSR count). The van der Waals surface area contributed by atoms with Gasteiger partial charge in [-0.05, 0) is 56.2 Å². The molecule has 4 N–H and O–H groups in total. The molecule has 0 radical (unpaired) electrons. The predicted octanol–water partition coefficient (Wildman–Crippen LogP) is 4.49. The van der Waals surface area contributed by atoms with E-state index < -0.39 is 0 Å². The van der Waals surface area contributed by atoms with Crippen molar-refractivity contribution in [2.24, 2.45) is 11.7 Å². The first kappa shape index (κ1) is 21.8. The number of rotatable bonds is 5. The van der Waals surface area contributed by atoms with Gasteiger partial charge in [0.2, 0.25) is 0 Å². The van der Waals surface area contributed by atoms with E-state index >= 15 is 0 Å². The van der Waals surface area contributed by atoms with Gasteiger partial charge in [0.15, 0.2) is 0 Å². The van der Waals surface area contributed by atoms with Gasteiger partial charge in [0.25, 0.3) is 5.91 Å². The lowest BCUT2D eigenvalue weighted by Gasteiger charge is -2.29. The standard InChI is InChI=1S/C24H28N6O2S/c1-12(2)9-14-10-13(3)18(11-27-14)30-17-7-8-26-23-19(17)20(29-24(30)32)21(33-23)22(31)28-16-6-4-5-15(16)25/h7-8,10-12,15-16H,4-6,9,25H2,1-3H3,(H,28,31)(H,29,32)/t15-,16-/m0/s1. The average Bonchev–Trinajstić information content (AvgIpc) is 3.33. The average molecular weight is 465 g/mol. The zero-order chi connectivity index (χ0) is 23.3. The van der Waals surface area contributed by atoms with Gasteiger partial charge in [0.05, 0.1) is 28.6 Å². The first-order chi connectivity index (χ1) is 15.8. The molecule has 9 heteroatoms. The van der Waals surface area contributed by atoms with Gasteiger partial charge in [-0.25, -0.2) is 9.78 Å². The number of thiophene rings is 1. The summed E-state index contributed by atoms with van der Waals surface area (Å²) in [5.74, 6) is 0.281. The topological polar surface area (TPSA) is 113 Å². The SMILES string of the molecule is Cc1cc(CC(C)C)ncc1N1C(=O)Nc2c(C(=O)N[C@H]3CCC[C@@H]3N)sc3nccc1c23. The van der Waals surface area contributed by atoms with Crippen LogP contribution in [0.5, 0.6) is 0 Å². The Hall–Kier alpha value is -3.04. The lowest BCUT2D eigenvalue weighted by Crippen LogP contribution is -2.44. The fourth-order valence-corrected chi connectivity index (χ4v) is 5.78. The van der Waals surface area contributed by atoms with Crippen LogP contribution in [0.25, 0.3) is 10.2 Å². The number of nitrogens with zero attached hydrogens (tertiary/aromatic N) is 3. The van der Waals surface area contributed by atoms with Gasteiger partial charge in [-0.15, -0.1) is 11.3 Å². The number of aryl methyl sites for hydroxylation is 1. The minimum absolute atomic E-state index is 0.0346. The van der Waals surface area contributed by atoms with Gasteiger partial charge in [0, 0.05) is 24.0 Å². The highest BCUT2D eigenvalue weighted by Crippen LogP contribution is 2.46. The molecular weight excluding hydrogens is 436 g/mol. The summed E-state index contributed by atoms with van der Waals surface area (Å²) in [6, 6.07) is 3.45. The van der Waals surface area contributed by atoms with E-state index in [2.05, 4.69) is 34.4 Å². The molecule has 0 aromatic carbocycles. The summed E-state index contributed by atoms with van der Waals surface area (Å²) < 4.78 is 0. The van der Waals surface area contributed by atoms with E-state index in [9.17, 15) is 9.59 Å². The van der Waals surface area contributed by atoms with Crippen molar-refractivity contribution in [1.29, 1.82) is 0 Å². The van der Waals surface area contributed by atoms with E-state index in [4.69, 9.17) is 5.73 Å². The molecule has 4 heterocycles. The van der Waals surface area contributed by atoms with Crippen molar-refractivity contribution in [3.63, 3.8) is 0 Å². The van der Waals surface area contributed by atoms with Gasteiger partial charge in [-0.1, -0.05) is 13.8 Å². The zero-order valence-corrected chi connectivity index (χ0v) is 19.8. The summed E-state index contributed by atoms with van der Waals surface area (Å²) in [4.78, 5) is 38.3. The highest BCUT2D eigenvalue weighted by molar-refractivity contribution is 7.21.